The van der Waals surface area contributed by atoms with E-state index in [9.17, 15) is 4.79 Å². The van der Waals surface area contributed by atoms with Crippen LogP contribution in [-0.4, -0.2) is 5.78 Å². The van der Waals surface area contributed by atoms with Gasteiger partial charge < -0.3 is 0 Å². The Bertz CT molecular complexity index is 637. The minimum absolute atomic E-state index is 0.0895. The zero-order valence-electron chi connectivity index (χ0n) is 11.0. The first-order valence-electron chi connectivity index (χ1n) is 6.36. The summed E-state index contributed by atoms with van der Waals surface area (Å²) >= 11 is 7.65. The highest BCUT2D eigenvalue weighted by Gasteiger charge is 2.32. The second-order valence-corrected chi connectivity index (χ2v) is 7.47. The summed E-state index contributed by atoms with van der Waals surface area (Å²) in [6.07, 6.45) is 1.64. The van der Waals surface area contributed by atoms with E-state index in [0.717, 1.165) is 27.4 Å². The third-order valence-corrected chi connectivity index (χ3v) is 4.95. The van der Waals surface area contributed by atoms with E-state index < -0.39 is 0 Å². The monoisotopic (exact) mass is 290 g/mol. The molecule has 0 saturated carbocycles. The van der Waals surface area contributed by atoms with Gasteiger partial charge in [-0.15, -0.1) is 11.3 Å². The van der Waals surface area contributed by atoms with Gasteiger partial charge in [0, 0.05) is 26.8 Å². The summed E-state index contributed by atoms with van der Waals surface area (Å²) in [4.78, 5) is 14.6. The van der Waals surface area contributed by atoms with Crippen molar-refractivity contribution in [3.05, 3.63) is 45.8 Å². The third kappa shape index (κ3) is 2.47. The highest BCUT2D eigenvalue weighted by molar-refractivity contribution is 7.15. The molecule has 1 aliphatic carbocycles. The molecule has 0 unspecified atom stereocenters. The first kappa shape index (κ1) is 12.9. The van der Waals surface area contributed by atoms with Gasteiger partial charge in [0.05, 0.1) is 0 Å². The minimum atomic E-state index is 0.0895. The molecule has 0 N–H and O–H groups in total. The van der Waals surface area contributed by atoms with Crippen molar-refractivity contribution < 1.29 is 4.79 Å². The van der Waals surface area contributed by atoms with Crippen molar-refractivity contribution in [3.8, 4) is 10.4 Å². The van der Waals surface area contributed by atoms with E-state index >= 15 is 0 Å². The Labute approximate surface area is 122 Å². The van der Waals surface area contributed by atoms with E-state index in [4.69, 9.17) is 11.6 Å². The Morgan fingerprint density at radius 3 is 2.53 bits per heavy atom. The summed E-state index contributed by atoms with van der Waals surface area (Å²) in [6, 6.07) is 9.84. The number of hydrogen-bond acceptors (Lipinski definition) is 2. The summed E-state index contributed by atoms with van der Waals surface area (Å²) in [5.74, 6) is 0.280. The van der Waals surface area contributed by atoms with E-state index in [1.54, 1.807) is 11.3 Å². The van der Waals surface area contributed by atoms with Crippen molar-refractivity contribution in [3.63, 3.8) is 0 Å². The average molecular weight is 291 g/mol. The van der Waals surface area contributed by atoms with Gasteiger partial charge in [0.15, 0.2) is 5.78 Å². The summed E-state index contributed by atoms with van der Waals surface area (Å²) < 4.78 is 0. The van der Waals surface area contributed by atoms with Crippen molar-refractivity contribution in [2.75, 3.05) is 0 Å². The molecule has 1 aromatic carbocycles. The maximum absolute atomic E-state index is 12.2. The number of hydrogen-bond donors (Lipinski definition) is 0. The highest BCUT2D eigenvalue weighted by Crippen LogP contribution is 2.41. The number of ketones is 1. The zero-order chi connectivity index (χ0) is 13.6. The van der Waals surface area contributed by atoms with Gasteiger partial charge in [0.1, 0.15) is 0 Å². The van der Waals surface area contributed by atoms with Gasteiger partial charge in [-0.25, -0.2) is 0 Å². The number of halogens is 1. The SMILES string of the molecule is CC1(C)CC(=O)c2cc(-c3ccc(Cl)cc3)sc2C1. The minimum Gasteiger partial charge on any atom is -0.294 e. The molecule has 1 aliphatic rings. The quantitative estimate of drug-likeness (QED) is 0.703. The van der Waals surface area contributed by atoms with Crippen LogP contribution in [0.2, 0.25) is 5.02 Å². The number of thiophene rings is 1. The normalized spacial score (nSPS) is 17.3. The second kappa shape index (κ2) is 4.46. The molecule has 1 nitrogen and oxygen atoms in total. The fourth-order valence-electron chi connectivity index (χ4n) is 2.58. The number of rotatable bonds is 1. The molecular weight excluding hydrogens is 276 g/mol. The Balaban J connectivity index is 2.03. The van der Waals surface area contributed by atoms with Gasteiger partial charge in [-0.3, -0.25) is 4.79 Å². The number of carbonyl (C=O) groups excluding carboxylic acids is 1. The molecule has 1 aromatic heterocycles. The van der Waals surface area contributed by atoms with Gasteiger partial charge in [-0.05, 0) is 35.6 Å². The molecule has 0 amide bonds. The van der Waals surface area contributed by atoms with E-state index in [-0.39, 0.29) is 11.2 Å². The standard InChI is InChI=1S/C16H15ClOS/c1-16(2)8-13(18)12-7-14(19-15(12)9-16)10-3-5-11(17)6-4-10/h3-7H,8-9H2,1-2H3. The Morgan fingerprint density at radius 1 is 1.16 bits per heavy atom. The molecule has 0 fully saturated rings. The van der Waals surface area contributed by atoms with Crippen molar-refractivity contribution in [1.29, 1.82) is 0 Å². The van der Waals surface area contributed by atoms with Crippen LogP contribution >= 0.6 is 22.9 Å². The summed E-state index contributed by atoms with van der Waals surface area (Å²) in [5.41, 5.74) is 2.15. The van der Waals surface area contributed by atoms with Crippen molar-refractivity contribution in [2.45, 2.75) is 26.7 Å². The number of fused-ring (bicyclic) bond motifs is 1. The van der Waals surface area contributed by atoms with E-state index in [0.29, 0.717) is 6.42 Å². The van der Waals surface area contributed by atoms with Gasteiger partial charge >= 0.3 is 0 Å². The zero-order valence-corrected chi connectivity index (χ0v) is 12.6. The first-order chi connectivity index (χ1) is 8.94. The van der Waals surface area contributed by atoms with Crippen molar-refractivity contribution in [2.24, 2.45) is 5.41 Å². The van der Waals surface area contributed by atoms with Crippen LogP contribution in [0.4, 0.5) is 0 Å². The molecule has 3 rings (SSSR count). The Kier molecular flexibility index (Phi) is 3.03. The molecule has 3 heteroatoms. The van der Waals surface area contributed by atoms with Gasteiger partial charge in [0.25, 0.3) is 0 Å². The number of Topliss-reactive ketones (excluding diaryl/α,β-unsaturated/α-hetero) is 1. The summed E-state index contributed by atoms with van der Waals surface area (Å²) in [7, 11) is 0. The van der Waals surface area contributed by atoms with Crippen LogP contribution in [0.3, 0.4) is 0 Å². The van der Waals surface area contributed by atoms with Crippen molar-refractivity contribution in [1.82, 2.24) is 0 Å². The topological polar surface area (TPSA) is 17.1 Å². The van der Waals surface area contributed by atoms with Crippen LogP contribution in [0, 0.1) is 5.41 Å². The smallest absolute Gasteiger partial charge is 0.164 e. The highest BCUT2D eigenvalue weighted by atomic mass is 35.5. The van der Waals surface area contributed by atoms with Crippen molar-refractivity contribution >= 4 is 28.7 Å². The van der Waals surface area contributed by atoms with Crippen LogP contribution in [0.15, 0.2) is 30.3 Å². The molecule has 0 saturated heterocycles. The van der Waals surface area contributed by atoms with Crippen LogP contribution in [-0.2, 0) is 6.42 Å². The van der Waals surface area contributed by atoms with Gasteiger partial charge in [-0.1, -0.05) is 37.6 Å². The fraction of sp³-hybridized carbons (Fsp3) is 0.312. The fourth-order valence-corrected chi connectivity index (χ4v) is 4.15. The van der Waals surface area contributed by atoms with Crippen LogP contribution < -0.4 is 0 Å². The lowest BCUT2D eigenvalue weighted by Gasteiger charge is -2.27. The van der Waals surface area contributed by atoms with Gasteiger partial charge in [-0.2, -0.15) is 0 Å². The van der Waals surface area contributed by atoms with Crippen LogP contribution in [0.5, 0.6) is 0 Å². The molecule has 0 spiro atoms. The van der Waals surface area contributed by atoms with Crippen LogP contribution in [0.25, 0.3) is 10.4 Å². The molecule has 0 atom stereocenters. The molecular formula is C16H15ClOS. The predicted octanol–water partition coefficient (Wildman–Crippen LogP) is 5.22. The largest absolute Gasteiger partial charge is 0.294 e. The molecule has 0 radical (unpaired) electrons. The molecule has 1 heterocycles. The molecule has 0 aliphatic heterocycles. The third-order valence-electron chi connectivity index (χ3n) is 3.52. The van der Waals surface area contributed by atoms with Crippen LogP contribution in [0.1, 0.15) is 35.5 Å². The molecule has 2 aromatic rings. The van der Waals surface area contributed by atoms with E-state index in [2.05, 4.69) is 13.8 Å². The Morgan fingerprint density at radius 2 is 1.84 bits per heavy atom. The second-order valence-electron chi connectivity index (χ2n) is 5.90. The van der Waals surface area contributed by atoms with E-state index in [1.807, 2.05) is 30.3 Å². The number of benzene rings is 1. The lowest BCUT2D eigenvalue weighted by Crippen LogP contribution is -2.25. The summed E-state index contributed by atoms with van der Waals surface area (Å²) in [6.45, 7) is 4.32. The molecule has 0 bridgehead atoms. The maximum atomic E-state index is 12.2. The molecule has 19 heavy (non-hydrogen) atoms. The Hall–Kier alpha value is -1.12. The summed E-state index contributed by atoms with van der Waals surface area (Å²) in [5, 5.41) is 0.738. The first-order valence-corrected chi connectivity index (χ1v) is 7.56. The predicted molar refractivity (Wildman–Crippen MR) is 81.2 cm³/mol. The lowest BCUT2D eigenvalue weighted by atomic mass is 9.77. The average Bonchev–Trinajstić information content (AvgIpc) is 2.72. The maximum Gasteiger partial charge on any atom is 0.164 e. The van der Waals surface area contributed by atoms with E-state index in [1.165, 1.54) is 4.88 Å². The molecule has 98 valence electrons. The van der Waals surface area contributed by atoms with Gasteiger partial charge in [0.2, 0.25) is 0 Å². The number of carbonyl (C=O) groups is 1. The lowest BCUT2D eigenvalue weighted by molar-refractivity contribution is 0.0914.